The molecule has 1 aliphatic rings. The van der Waals surface area contributed by atoms with Gasteiger partial charge in [0.2, 0.25) is 11.8 Å². The van der Waals surface area contributed by atoms with Gasteiger partial charge < -0.3 is 10.1 Å². The predicted octanol–water partition coefficient (Wildman–Crippen LogP) is 3.94. The predicted molar refractivity (Wildman–Crippen MR) is 109 cm³/mol. The maximum Gasteiger partial charge on any atom is 0.238 e. The Kier molecular flexibility index (Phi) is 6.03. The molecule has 1 atom stereocenters. The van der Waals surface area contributed by atoms with Gasteiger partial charge in [-0.25, -0.2) is 4.99 Å². The molecule has 0 aliphatic carbocycles. The quantitative estimate of drug-likeness (QED) is 0.839. The first-order valence-electron chi connectivity index (χ1n) is 8.18. The third kappa shape index (κ3) is 4.81. The number of hydrogen-bond donors (Lipinski definition) is 1. The fourth-order valence-electron chi connectivity index (χ4n) is 2.45. The van der Waals surface area contributed by atoms with Crippen molar-refractivity contribution >= 4 is 51.7 Å². The number of methoxy groups -OCH3 is 1. The van der Waals surface area contributed by atoms with Gasteiger partial charge in [-0.1, -0.05) is 29.4 Å². The molecule has 1 saturated heterocycles. The van der Waals surface area contributed by atoms with Crippen LogP contribution in [0, 0.1) is 0 Å². The molecule has 0 unspecified atom stereocenters. The first-order chi connectivity index (χ1) is 13.0. The summed E-state index contributed by atoms with van der Waals surface area (Å²) in [4.78, 5) is 30.9. The molecule has 3 rings (SSSR count). The number of benzene rings is 2. The fraction of sp³-hybridized carbons (Fsp3) is 0.211. The molecule has 2 amide bonds. The lowest BCUT2D eigenvalue weighted by Crippen LogP contribution is -2.43. The molecule has 0 aromatic heterocycles. The largest absolute Gasteiger partial charge is 0.497 e. The molecule has 140 valence electrons. The SMILES string of the molecule is COc1ccc(N=C2S[C@@H](C(=O)Nc3cccc(Cl)c3)CC(=O)N2C)cc1. The average Bonchev–Trinajstić information content (AvgIpc) is 2.66. The topological polar surface area (TPSA) is 71.0 Å². The number of nitrogens with one attached hydrogen (secondary N) is 1. The molecule has 1 N–H and O–H groups in total. The van der Waals surface area contributed by atoms with Gasteiger partial charge in [-0.3, -0.25) is 14.5 Å². The lowest BCUT2D eigenvalue weighted by Gasteiger charge is -2.28. The number of rotatable bonds is 4. The number of ether oxygens (including phenoxy) is 1. The number of thioether (sulfide) groups is 1. The summed E-state index contributed by atoms with van der Waals surface area (Å²) in [6.45, 7) is 0. The van der Waals surface area contributed by atoms with Crippen LogP contribution in [0.25, 0.3) is 0 Å². The number of anilines is 1. The Bertz CT molecular complexity index is 886. The van der Waals surface area contributed by atoms with E-state index in [0.29, 0.717) is 21.6 Å². The number of carbonyl (C=O) groups excluding carboxylic acids is 2. The van der Waals surface area contributed by atoms with Gasteiger partial charge in [0, 0.05) is 24.2 Å². The molecule has 1 aliphatic heterocycles. The summed E-state index contributed by atoms with van der Waals surface area (Å²) in [6.07, 6.45) is 0.106. The van der Waals surface area contributed by atoms with Gasteiger partial charge in [0.1, 0.15) is 11.0 Å². The molecule has 0 saturated carbocycles. The number of hydrogen-bond acceptors (Lipinski definition) is 5. The molecule has 2 aromatic rings. The van der Waals surface area contributed by atoms with Crippen LogP contribution in [-0.2, 0) is 9.59 Å². The smallest absolute Gasteiger partial charge is 0.238 e. The molecule has 1 heterocycles. The highest BCUT2D eigenvalue weighted by atomic mass is 35.5. The zero-order valence-electron chi connectivity index (χ0n) is 14.8. The fourth-order valence-corrected chi connectivity index (χ4v) is 3.71. The maximum atomic E-state index is 12.6. The van der Waals surface area contributed by atoms with Crippen molar-refractivity contribution in [1.29, 1.82) is 0 Å². The van der Waals surface area contributed by atoms with Crippen LogP contribution in [0.1, 0.15) is 6.42 Å². The minimum Gasteiger partial charge on any atom is -0.497 e. The second kappa shape index (κ2) is 8.45. The zero-order chi connectivity index (χ0) is 19.4. The molecule has 0 radical (unpaired) electrons. The number of amidine groups is 1. The lowest BCUT2D eigenvalue weighted by atomic mass is 10.2. The molecule has 8 heteroatoms. The molecular formula is C19H18ClN3O3S. The normalized spacial score (nSPS) is 18.5. The van der Waals surface area contributed by atoms with E-state index in [-0.39, 0.29) is 18.2 Å². The van der Waals surface area contributed by atoms with Crippen LogP contribution >= 0.6 is 23.4 Å². The van der Waals surface area contributed by atoms with Crippen LogP contribution in [0.3, 0.4) is 0 Å². The van der Waals surface area contributed by atoms with E-state index >= 15 is 0 Å². The Hall–Kier alpha value is -2.51. The van der Waals surface area contributed by atoms with E-state index in [0.717, 1.165) is 5.75 Å². The maximum absolute atomic E-state index is 12.6. The van der Waals surface area contributed by atoms with E-state index in [1.807, 2.05) is 0 Å². The summed E-state index contributed by atoms with van der Waals surface area (Å²) >= 11 is 7.20. The zero-order valence-corrected chi connectivity index (χ0v) is 16.4. The first kappa shape index (κ1) is 19.3. The average molecular weight is 404 g/mol. The van der Waals surface area contributed by atoms with E-state index < -0.39 is 5.25 Å². The highest BCUT2D eigenvalue weighted by Gasteiger charge is 2.34. The first-order valence-corrected chi connectivity index (χ1v) is 9.44. The van der Waals surface area contributed by atoms with E-state index in [9.17, 15) is 9.59 Å². The number of halogens is 1. The molecular weight excluding hydrogens is 386 g/mol. The van der Waals surface area contributed by atoms with Crippen molar-refractivity contribution in [3.05, 3.63) is 53.6 Å². The Balaban J connectivity index is 1.76. The second-order valence-corrected chi connectivity index (χ2v) is 7.46. The van der Waals surface area contributed by atoms with E-state index in [1.54, 1.807) is 62.7 Å². The van der Waals surface area contributed by atoms with Crippen LogP contribution in [0.15, 0.2) is 53.5 Å². The molecule has 1 fully saturated rings. The third-order valence-electron chi connectivity index (χ3n) is 3.95. The molecule has 2 aromatic carbocycles. The summed E-state index contributed by atoms with van der Waals surface area (Å²) in [6, 6.07) is 14.0. The summed E-state index contributed by atoms with van der Waals surface area (Å²) < 4.78 is 5.13. The number of aliphatic imine (C=N–C) groups is 1. The van der Waals surface area contributed by atoms with Crippen LogP contribution in [0.5, 0.6) is 5.75 Å². The van der Waals surface area contributed by atoms with Crippen LogP contribution in [-0.4, -0.2) is 41.3 Å². The molecule has 0 bridgehead atoms. The Labute approximate surface area is 166 Å². The Morgan fingerprint density at radius 2 is 2.04 bits per heavy atom. The molecule has 6 nitrogen and oxygen atoms in total. The van der Waals surface area contributed by atoms with Gasteiger partial charge >= 0.3 is 0 Å². The highest BCUT2D eigenvalue weighted by molar-refractivity contribution is 8.15. The van der Waals surface area contributed by atoms with E-state index in [4.69, 9.17) is 16.3 Å². The van der Waals surface area contributed by atoms with Crippen molar-refractivity contribution in [1.82, 2.24) is 4.90 Å². The van der Waals surface area contributed by atoms with Crippen molar-refractivity contribution in [3.63, 3.8) is 0 Å². The summed E-state index contributed by atoms with van der Waals surface area (Å²) in [5.74, 6) is 0.303. The minimum absolute atomic E-state index is 0.106. The minimum atomic E-state index is -0.565. The van der Waals surface area contributed by atoms with Gasteiger partial charge in [-0.05, 0) is 42.5 Å². The van der Waals surface area contributed by atoms with Gasteiger partial charge in [-0.15, -0.1) is 0 Å². The van der Waals surface area contributed by atoms with Crippen molar-refractivity contribution in [3.8, 4) is 5.75 Å². The summed E-state index contributed by atoms with van der Waals surface area (Å²) in [5, 5.41) is 3.24. The van der Waals surface area contributed by atoms with Crippen molar-refractivity contribution in [2.45, 2.75) is 11.7 Å². The Morgan fingerprint density at radius 3 is 2.70 bits per heavy atom. The van der Waals surface area contributed by atoms with Gasteiger partial charge in [0.15, 0.2) is 5.17 Å². The second-order valence-electron chi connectivity index (χ2n) is 5.86. The van der Waals surface area contributed by atoms with Gasteiger partial charge in [0.05, 0.1) is 12.8 Å². The van der Waals surface area contributed by atoms with E-state index in [1.165, 1.54) is 16.7 Å². The van der Waals surface area contributed by atoms with Crippen molar-refractivity contribution in [2.75, 3.05) is 19.5 Å². The Morgan fingerprint density at radius 1 is 1.30 bits per heavy atom. The van der Waals surface area contributed by atoms with Crippen molar-refractivity contribution < 1.29 is 14.3 Å². The van der Waals surface area contributed by atoms with Crippen LogP contribution < -0.4 is 10.1 Å². The highest BCUT2D eigenvalue weighted by Crippen LogP contribution is 2.29. The number of nitrogens with zero attached hydrogens (tertiary/aromatic N) is 2. The molecule has 0 spiro atoms. The summed E-state index contributed by atoms with van der Waals surface area (Å²) in [5.41, 5.74) is 1.27. The standard InChI is InChI=1S/C19H18ClN3O3S/c1-23-17(24)11-16(18(25)21-14-5-3-4-12(20)10-14)27-19(23)22-13-6-8-15(26-2)9-7-13/h3-10,16H,11H2,1-2H3,(H,21,25)/t16-/m1/s1. The number of amides is 2. The van der Waals surface area contributed by atoms with Crippen LogP contribution in [0.2, 0.25) is 5.02 Å². The van der Waals surface area contributed by atoms with Crippen molar-refractivity contribution in [2.24, 2.45) is 4.99 Å². The monoisotopic (exact) mass is 403 g/mol. The molecule has 27 heavy (non-hydrogen) atoms. The summed E-state index contributed by atoms with van der Waals surface area (Å²) in [7, 11) is 3.25. The van der Waals surface area contributed by atoms with Gasteiger partial charge in [-0.2, -0.15) is 0 Å². The third-order valence-corrected chi connectivity index (χ3v) is 5.43. The van der Waals surface area contributed by atoms with Gasteiger partial charge in [0.25, 0.3) is 0 Å². The lowest BCUT2D eigenvalue weighted by molar-refractivity contribution is -0.128. The number of carbonyl (C=O) groups is 2. The van der Waals surface area contributed by atoms with E-state index in [2.05, 4.69) is 10.3 Å². The van der Waals surface area contributed by atoms with Crippen LogP contribution in [0.4, 0.5) is 11.4 Å².